The van der Waals surface area contributed by atoms with Gasteiger partial charge in [-0.2, -0.15) is 5.10 Å². The number of carbonyl (C=O) groups excluding carboxylic acids is 1. The van der Waals surface area contributed by atoms with Crippen molar-refractivity contribution in [3.05, 3.63) is 59.2 Å². The minimum absolute atomic E-state index is 0.0709. The number of methoxy groups -OCH3 is 1. The first-order valence-electron chi connectivity index (χ1n) is 8.16. The molecule has 1 heterocycles. The van der Waals surface area contributed by atoms with Crippen molar-refractivity contribution in [1.82, 2.24) is 10.3 Å². The fourth-order valence-electron chi connectivity index (χ4n) is 2.96. The molecule has 0 aromatic heterocycles. The van der Waals surface area contributed by atoms with Crippen LogP contribution in [0.4, 0.5) is 10.5 Å². The molecule has 2 amide bonds. The fraction of sp³-hybridized carbons (Fsp3) is 0.263. The van der Waals surface area contributed by atoms with Gasteiger partial charge < -0.3 is 15.8 Å². The second-order valence-corrected chi connectivity index (χ2v) is 6.05. The summed E-state index contributed by atoms with van der Waals surface area (Å²) in [7, 11) is 3.24. The van der Waals surface area contributed by atoms with Crippen LogP contribution in [0.15, 0.2) is 47.6 Å². The summed E-state index contributed by atoms with van der Waals surface area (Å²) in [6.45, 7) is 1.98. The van der Waals surface area contributed by atoms with Crippen molar-refractivity contribution < 1.29 is 9.53 Å². The highest BCUT2D eigenvalue weighted by Crippen LogP contribution is 2.27. The number of nitrogens with two attached hydrogens (primary N) is 1. The lowest BCUT2D eigenvalue weighted by Gasteiger charge is -2.22. The molecular formula is C19H22N4O2. The van der Waals surface area contributed by atoms with Gasteiger partial charge in [-0.1, -0.05) is 18.2 Å². The largest absolute Gasteiger partial charge is 0.497 e. The van der Waals surface area contributed by atoms with Crippen molar-refractivity contribution in [1.29, 1.82) is 0 Å². The Morgan fingerprint density at radius 1 is 1.28 bits per heavy atom. The second kappa shape index (κ2) is 6.84. The molecule has 0 fully saturated rings. The Balaban J connectivity index is 2.20. The number of amides is 2. The minimum atomic E-state index is -0.236. The Morgan fingerprint density at radius 2 is 2.00 bits per heavy atom. The van der Waals surface area contributed by atoms with E-state index in [9.17, 15) is 4.79 Å². The van der Waals surface area contributed by atoms with Crippen molar-refractivity contribution in [3.8, 4) is 5.75 Å². The Kier molecular flexibility index (Phi) is 4.61. The molecule has 0 spiro atoms. The van der Waals surface area contributed by atoms with Gasteiger partial charge in [0.2, 0.25) is 0 Å². The standard InChI is InChI=1S/C19H22N4O2/c1-12-10-14-6-9-16(25-3)11-17(14)18(22-23(12)19(24)21-2)13-4-7-15(20)8-5-13/h4-9,11-12H,10,20H2,1-3H3,(H,21,24)/t12-/m1/s1. The number of rotatable bonds is 2. The minimum Gasteiger partial charge on any atom is -0.497 e. The molecule has 1 aliphatic rings. The monoisotopic (exact) mass is 338 g/mol. The van der Waals surface area contributed by atoms with Crippen LogP contribution in [0.1, 0.15) is 23.6 Å². The van der Waals surface area contributed by atoms with Gasteiger partial charge in [0.05, 0.1) is 18.9 Å². The normalized spacial score (nSPS) is 16.5. The zero-order chi connectivity index (χ0) is 18.0. The van der Waals surface area contributed by atoms with Gasteiger partial charge in [-0.25, -0.2) is 9.80 Å². The third-order valence-electron chi connectivity index (χ3n) is 4.32. The van der Waals surface area contributed by atoms with Gasteiger partial charge in [0.25, 0.3) is 0 Å². The summed E-state index contributed by atoms with van der Waals surface area (Å²) in [5.41, 5.74) is 10.2. The summed E-state index contributed by atoms with van der Waals surface area (Å²) in [6, 6.07) is 13.1. The van der Waals surface area contributed by atoms with E-state index in [4.69, 9.17) is 10.5 Å². The molecule has 3 rings (SSSR count). The SMILES string of the molecule is CNC(=O)N1N=C(c2ccc(N)cc2)c2cc(OC)ccc2C[C@H]1C. The molecule has 0 bridgehead atoms. The number of benzene rings is 2. The maximum Gasteiger partial charge on any atom is 0.337 e. The summed E-state index contributed by atoms with van der Waals surface area (Å²) >= 11 is 0. The third kappa shape index (κ3) is 3.28. The highest BCUT2D eigenvalue weighted by atomic mass is 16.5. The van der Waals surface area contributed by atoms with Crippen LogP contribution >= 0.6 is 0 Å². The second-order valence-electron chi connectivity index (χ2n) is 6.05. The van der Waals surface area contributed by atoms with Gasteiger partial charge in [0.15, 0.2) is 0 Å². The van der Waals surface area contributed by atoms with Gasteiger partial charge in [0, 0.05) is 23.9 Å². The van der Waals surface area contributed by atoms with Crippen LogP contribution in [0.2, 0.25) is 0 Å². The molecule has 0 saturated carbocycles. The molecule has 0 saturated heterocycles. The predicted molar refractivity (Wildman–Crippen MR) is 98.9 cm³/mol. The number of nitrogen functional groups attached to an aromatic ring is 1. The summed E-state index contributed by atoms with van der Waals surface area (Å²) < 4.78 is 5.38. The van der Waals surface area contributed by atoms with Gasteiger partial charge >= 0.3 is 6.03 Å². The van der Waals surface area contributed by atoms with Crippen LogP contribution in [0.3, 0.4) is 0 Å². The first kappa shape index (κ1) is 16.8. The molecule has 3 N–H and O–H groups in total. The number of carbonyl (C=O) groups is 1. The highest BCUT2D eigenvalue weighted by molar-refractivity contribution is 6.14. The number of hydrogen-bond acceptors (Lipinski definition) is 4. The lowest BCUT2D eigenvalue weighted by Crippen LogP contribution is -2.41. The number of nitrogens with zero attached hydrogens (tertiary/aromatic N) is 2. The molecule has 25 heavy (non-hydrogen) atoms. The van der Waals surface area contributed by atoms with Crippen LogP contribution in [-0.2, 0) is 6.42 Å². The van der Waals surface area contributed by atoms with Crippen LogP contribution in [0.5, 0.6) is 5.75 Å². The van der Waals surface area contributed by atoms with Crippen LogP contribution < -0.4 is 15.8 Å². The van der Waals surface area contributed by atoms with E-state index in [2.05, 4.69) is 10.4 Å². The van der Waals surface area contributed by atoms with Crippen LogP contribution in [-0.4, -0.2) is 37.0 Å². The highest BCUT2D eigenvalue weighted by Gasteiger charge is 2.27. The van der Waals surface area contributed by atoms with Crippen LogP contribution in [0, 0.1) is 0 Å². The van der Waals surface area contributed by atoms with Crippen molar-refractivity contribution in [3.63, 3.8) is 0 Å². The maximum absolute atomic E-state index is 12.3. The zero-order valence-corrected chi connectivity index (χ0v) is 14.6. The van der Waals surface area contributed by atoms with Gasteiger partial charge in [0.1, 0.15) is 5.75 Å². The number of nitrogens with one attached hydrogen (secondary N) is 1. The summed E-state index contributed by atoms with van der Waals surface area (Å²) in [4.78, 5) is 12.3. The summed E-state index contributed by atoms with van der Waals surface area (Å²) in [5.74, 6) is 0.753. The van der Waals surface area contributed by atoms with Gasteiger partial charge in [-0.15, -0.1) is 0 Å². The Hall–Kier alpha value is -3.02. The van der Waals surface area contributed by atoms with Crippen molar-refractivity contribution >= 4 is 17.4 Å². The zero-order valence-electron chi connectivity index (χ0n) is 14.6. The van der Waals surface area contributed by atoms with E-state index in [0.717, 1.165) is 28.2 Å². The summed E-state index contributed by atoms with van der Waals surface area (Å²) in [6.07, 6.45) is 0.703. The van der Waals surface area contributed by atoms with E-state index >= 15 is 0 Å². The third-order valence-corrected chi connectivity index (χ3v) is 4.32. The number of anilines is 1. The molecule has 1 aliphatic heterocycles. The van der Waals surface area contributed by atoms with Crippen LogP contribution in [0.25, 0.3) is 0 Å². The van der Waals surface area contributed by atoms with Gasteiger partial charge in [-0.3, -0.25) is 0 Å². The van der Waals surface area contributed by atoms with E-state index in [1.54, 1.807) is 14.2 Å². The average Bonchev–Trinajstić information content (AvgIpc) is 2.77. The molecule has 6 nitrogen and oxygen atoms in total. The number of hydrazone groups is 1. The number of ether oxygens (including phenoxy) is 1. The van der Waals surface area contributed by atoms with E-state index in [1.165, 1.54) is 5.01 Å². The molecule has 0 aliphatic carbocycles. The van der Waals surface area contributed by atoms with Crippen molar-refractivity contribution in [2.45, 2.75) is 19.4 Å². The Morgan fingerprint density at radius 3 is 2.64 bits per heavy atom. The fourth-order valence-corrected chi connectivity index (χ4v) is 2.96. The molecule has 1 atom stereocenters. The van der Waals surface area contributed by atoms with E-state index < -0.39 is 0 Å². The topological polar surface area (TPSA) is 80.0 Å². The molecule has 6 heteroatoms. The summed E-state index contributed by atoms with van der Waals surface area (Å²) in [5, 5.41) is 8.84. The Bertz CT molecular complexity index is 815. The predicted octanol–water partition coefficient (Wildman–Crippen LogP) is 2.62. The maximum atomic E-state index is 12.3. The smallest absolute Gasteiger partial charge is 0.337 e. The lowest BCUT2D eigenvalue weighted by atomic mass is 9.94. The van der Waals surface area contributed by atoms with E-state index in [1.807, 2.05) is 49.4 Å². The lowest BCUT2D eigenvalue weighted by molar-refractivity contribution is 0.184. The van der Waals surface area contributed by atoms with E-state index in [-0.39, 0.29) is 12.1 Å². The van der Waals surface area contributed by atoms with Crippen molar-refractivity contribution in [2.75, 3.05) is 19.9 Å². The molecule has 2 aromatic rings. The number of urea groups is 1. The van der Waals surface area contributed by atoms with E-state index in [0.29, 0.717) is 12.1 Å². The molecule has 2 aromatic carbocycles. The quantitative estimate of drug-likeness (QED) is 0.826. The molecular weight excluding hydrogens is 316 g/mol. The Labute approximate surface area is 147 Å². The van der Waals surface area contributed by atoms with Gasteiger partial charge in [-0.05, 0) is 43.2 Å². The number of hydrogen-bond donors (Lipinski definition) is 2. The molecule has 130 valence electrons. The number of fused-ring (bicyclic) bond motifs is 1. The first-order valence-corrected chi connectivity index (χ1v) is 8.16. The molecule has 0 unspecified atom stereocenters. The first-order chi connectivity index (χ1) is 12.0. The average molecular weight is 338 g/mol. The molecule has 0 radical (unpaired) electrons. The van der Waals surface area contributed by atoms with Crippen molar-refractivity contribution in [2.24, 2.45) is 5.10 Å².